The standard InChI is InChI=1S/C18H19N3O3S2/c1-12-5-7-13(8-6-12)11-19-26(22,23)16-10-9-15(25-16)18-21-20-17(24-18)14-3-2-4-14/h5-10,14,19H,2-4,11H2,1H3. The van der Waals surface area contributed by atoms with E-state index in [4.69, 9.17) is 4.42 Å². The van der Waals surface area contributed by atoms with Crippen molar-refractivity contribution in [3.8, 4) is 10.8 Å². The van der Waals surface area contributed by atoms with Crippen molar-refractivity contribution in [2.45, 2.75) is 42.9 Å². The molecular weight excluding hydrogens is 370 g/mol. The Morgan fingerprint density at radius 2 is 1.92 bits per heavy atom. The molecule has 3 aromatic rings. The predicted octanol–water partition coefficient (Wildman–Crippen LogP) is 3.85. The summed E-state index contributed by atoms with van der Waals surface area (Å²) < 4.78 is 33.6. The van der Waals surface area contributed by atoms with Gasteiger partial charge >= 0.3 is 0 Å². The lowest BCUT2D eigenvalue weighted by molar-refractivity contribution is 0.338. The van der Waals surface area contributed by atoms with E-state index in [2.05, 4.69) is 14.9 Å². The highest BCUT2D eigenvalue weighted by atomic mass is 32.2. The van der Waals surface area contributed by atoms with Gasteiger partial charge in [-0.3, -0.25) is 0 Å². The third kappa shape index (κ3) is 3.58. The molecule has 4 rings (SSSR count). The molecule has 0 aliphatic heterocycles. The number of hydrogen-bond donors (Lipinski definition) is 1. The van der Waals surface area contributed by atoms with Gasteiger partial charge in [0.1, 0.15) is 4.21 Å². The van der Waals surface area contributed by atoms with Crippen LogP contribution in [0.3, 0.4) is 0 Å². The van der Waals surface area contributed by atoms with Gasteiger partial charge in [0.05, 0.1) is 4.88 Å². The molecule has 0 amide bonds. The fourth-order valence-electron chi connectivity index (χ4n) is 2.69. The van der Waals surface area contributed by atoms with Gasteiger partial charge in [0.2, 0.25) is 15.9 Å². The van der Waals surface area contributed by atoms with Gasteiger partial charge in [-0.25, -0.2) is 13.1 Å². The summed E-state index contributed by atoms with van der Waals surface area (Å²) >= 11 is 1.13. The summed E-state index contributed by atoms with van der Waals surface area (Å²) in [6, 6.07) is 11.0. The topological polar surface area (TPSA) is 85.1 Å². The largest absolute Gasteiger partial charge is 0.420 e. The molecule has 1 aromatic carbocycles. The first-order chi connectivity index (χ1) is 12.5. The monoisotopic (exact) mass is 389 g/mol. The summed E-state index contributed by atoms with van der Waals surface area (Å²) in [5.74, 6) is 1.40. The lowest BCUT2D eigenvalue weighted by Crippen LogP contribution is -2.22. The van der Waals surface area contributed by atoms with E-state index in [1.807, 2.05) is 31.2 Å². The van der Waals surface area contributed by atoms with Crippen molar-refractivity contribution in [3.05, 3.63) is 53.4 Å². The SMILES string of the molecule is Cc1ccc(CNS(=O)(=O)c2ccc(-c3nnc(C4CCC4)o3)s2)cc1. The van der Waals surface area contributed by atoms with E-state index in [1.54, 1.807) is 12.1 Å². The molecule has 0 spiro atoms. The highest BCUT2D eigenvalue weighted by molar-refractivity contribution is 7.91. The molecule has 0 saturated heterocycles. The Bertz CT molecular complexity index is 1000. The quantitative estimate of drug-likeness (QED) is 0.692. The fraction of sp³-hybridized carbons (Fsp3) is 0.333. The average molecular weight is 390 g/mol. The van der Waals surface area contributed by atoms with Crippen molar-refractivity contribution in [2.24, 2.45) is 0 Å². The maximum absolute atomic E-state index is 12.5. The van der Waals surface area contributed by atoms with Gasteiger partial charge in [-0.2, -0.15) is 0 Å². The molecule has 1 aliphatic rings. The zero-order chi connectivity index (χ0) is 18.1. The Morgan fingerprint density at radius 1 is 1.15 bits per heavy atom. The number of aryl methyl sites for hydroxylation is 1. The molecular formula is C18H19N3O3S2. The van der Waals surface area contributed by atoms with Crippen molar-refractivity contribution >= 4 is 21.4 Å². The van der Waals surface area contributed by atoms with E-state index in [0.717, 1.165) is 35.3 Å². The van der Waals surface area contributed by atoms with Crippen molar-refractivity contribution in [3.63, 3.8) is 0 Å². The van der Waals surface area contributed by atoms with Crippen LogP contribution in [-0.2, 0) is 16.6 Å². The van der Waals surface area contributed by atoms with E-state index >= 15 is 0 Å². The minimum absolute atomic E-state index is 0.239. The van der Waals surface area contributed by atoms with E-state index in [1.165, 1.54) is 6.42 Å². The predicted molar refractivity (Wildman–Crippen MR) is 99.4 cm³/mol. The summed E-state index contributed by atoms with van der Waals surface area (Å²) in [6.07, 6.45) is 3.35. The highest BCUT2D eigenvalue weighted by Crippen LogP contribution is 2.37. The molecule has 2 aromatic heterocycles. The van der Waals surface area contributed by atoms with Crippen LogP contribution in [0.5, 0.6) is 0 Å². The van der Waals surface area contributed by atoms with Crippen molar-refractivity contribution in [2.75, 3.05) is 0 Å². The summed E-state index contributed by atoms with van der Waals surface area (Å²) in [5.41, 5.74) is 2.05. The van der Waals surface area contributed by atoms with Gasteiger partial charge in [-0.05, 0) is 37.5 Å². The molecule has 6 nitrogen and oxygen atoms in total. The molecule has 1 saturated carbocycles. The molecule has 0 unspecified atom stereocenters. The van der Waals surface area contributed by atoms with Crippen LogP contribution in [0.25, 0.3) is 10.8 Å². The molecule has 136 valence electrons. The number of rotatable bonds is 6. The Hall–Kier alpha value is -2.03. The van der Waals surface area contributed by atoms with Crippen LogP contribution < -0.4 is 4.72 Å². The number of nitrogens with zero attached hydrogens (tertiary/aromatic N) is 2. The van der Waals surface area contributed by atoms with E-state index in [-0.39, 0.29) is 10.8 Å². The zero-order valence-corrected chi connectivity index (χ0v) is 15.9. The molecule has 0 radical (unpaired) electrons. The van der Waals surface area contributed by atoms with Crippen molar-refractivity contribution < 1.29 is 12.8 Å². The number of thiophene rings is 1. The Labute approximate surface area is 156 Å². The van der Waals surface area contributed by atoms with Crippen molar-refractivity contribution in [1.29, 1.82) is 0 Å². The summed E-state index contributed by atoms with van der Waals surface area (Å²) in [6.45, 7) is 2.25. The number of aromatic nitrogens is 2. The number of sulfonamides is 1. The van der Waals surface area contributed by atoms with Gasteiger partial charge in [0, 0.05) is 12.5 Å². The number of benzene rings is 1. The zero-order valence-electron chi connectivity index (χ0n) is 14.3. The van der Waals surface area contributed by atoms with Crippen LogP contribution in [0.15, 0.2) is 45.0 Å². The smallest absolute Gasteiger partial charge is 0.257 e. The van der Waals surface area contributed by atoms with Crippen molar-refractivity contribution in [1.82, 2.24) is 14.9 Å². The van der Waals surface area contributed by atoms with Gasteiger partial charge in [-0.15, -0.1) is 21.5 Å². The molecule has 0 bridgehead atoms. The van der Waals surface area contributed by atoms with Crippen LogP contribution in [0.2, 0.25) is 0 Å². The van der Waals surface area contributed by atoms with Crippen LogP contribution in [0.4, 0.5) is 0 Å². The minimum Gasteiger partial charge on any atom is -0.420 e. The van der Waals surface area contributed by atoms with Gasteiger partial charge in [-0.1, -0.05) is 36.2 Å². The molecule has 2 heterocycles. The third-order valence-electron chi connectivity index (χ3n) is 4.54. The maximum atomic E-state index is 12.5. The first-order valence-corrected chi connectivity index (χ1v) is 10.8. The Balaban J connectivity index is 1.47. The molecule has 26 heavy (non-hydrogen) atoms. The summed E-state index contributed by atoms with van der Waals surface area (Å²) in [7, 11) is -3.58. The first kappa shape index (κ1) is 17.4. The second-order valence-electron chi connectivity index (χ2n) is 6.50. The van der Waals surface area contributed by atoms with Crippen LogP contribution >= 0.6 is 11.3 Å². The normalized spacial score (nSPS) is 15.1. The highest BCUT2D eigenvalue weighted by Gasteiger charge is 2.26. The number of hydrogen-bond acceptors (Lipinski definition) is 6. The Kier molecular flexibility index (Phi) is 4.64. The third-order valence-corrected chi connectivity index (χ3v) is 7.51. The van der Waals surface area contributed by atoms with Gasteiger partial charge in [0.25, 0.3) is 5.89 Å². The lowest BCUT2D eigenvalue weighted by Gasteiger charge is -2.20. The summed E-state index contributed by atoms with van der Waals surface area (Å²) in [5, 5.41) is 8.16. The molecule has 1 aliphatic carbocycles. The van der Waals surface area contributed by atoms with Crippen LogP contribution in [0, 0.1) is 6.92 Å². The molecule has 1 fully saturated rings. The average Bonchev–Trinajstić information content (AvgIpc) is 3.22. The van der Waals surface area contributed by atoms with E-state index in [9.17, 15) is 8.42 Å². The molecule has 1 N–H and O–H groups in total. The van der Waals surface area contributed by atoms with Crippen LogP contribution in [-0.4, -0.2) is 18.6 Å². The second-order valence-corrected chi connectivity index (χ2v) is 9.58. The first-order valence-electron chi connectivity index (χ1n) is 8.50. The van der Waals surface area contributed by atoms with Gasteiger partial charge < -0.3 is 4.42 Å². The molecule has 8 heteroatoms. The van der Waals surface area contributed by atoms with Crippen LogP contribution in [0.1, 0.15) is 42.2 Å². The minimum atomic E-state index is -3.58. The molecule has 0 atom stereocenters. The Morgan fingerprint density at radius 3 is 2.62 bits per heavy atom. The van der Waals surface area contributed by atoms with Gasteiger partial charge in [0.15, 0.2) is 0 Å². The van der Waals surface area contributed by atoms with E-state index < -0.39 is 10.0 Å². The summed E-state index contributed by atoms with van der Waals surface area (Å²) in [4.78, 5) is 0.666. The lowest BCUT2D eigenvalue weighted by atomic mass is 9.85. The fourth-order valence-corrected chi connectivity index (χ4v) is 4.98. The second kappa shape index (κ2) is 6.94. The number of nitrogens with one attached hydrogen (secondary N) is 1. The maximum Gasteiger partial charge on any atom is 0.257 e. The van der Waals surface area contributed by atoms with E-state index in [0.29, 0.717) is 22.6 Å².